The minimum Gasteiger partial charge on any atom is -0.395 e. The number of rotatable bonds is 8. The quantitative estimate of drug-likeness (QED) is 0.712. The van der Waals surface area contributed by atoms with Gasteiger partial charge in [-0.25, -0.2) is 0 Å². The van der Waals surface area contributed by atoms with Crippen LogP contribution in [0.5, 0.6) is 0 Å². The number of hydrogen-bond acceptors (Lipinski definition) is 3. The Labute approximate surface area is 114 Å². The van der Waals surface area contributed by atoms with E-state index in [9.17, 15) is 10.2 Å². The fraction of sp³-hybridized carbons (Fsp3) is 0.600. The lowest BCUT2D eigenvalue weighted by atomic mass is 9.78. The van der Waals surface area contributed by atoms with E-state index in [1.54, 1.807) is 0 Å². The van der Waals surface area contributed by atoms with Gasteiger partial charge in [-0.1, -0.05) is 36.8 Å². The van der Waals surface area contributed by atoms with Crippen LogP contribution in [0.15, 0.2) is 24.3 Å². The summed E-state index contributed by atoms with van der Waals surface area (Å²) >= 11 is 1.90. The third kappa shape index (κ3) is 4.01. The third-order valence-electron chi connectivity index (χ3n) is 3.42. The average molecular weight is 268 g/mol. The zero-order chi connectivity index (χ0) is 13.4. The second-order valence-electron chi connectivity index (χ2n) is 4.76. The van der Waals surface area contributed by atoms with Gasteiger partial charge in [0.15, 0.2) is 0 Å². The second-order valence-corrected chi connectivity index (χ2v) is 6.16. The lowest BCUT2D eigenvalue weighted by molar-refractivity contribution is 0.109. The van der Waals surface area contributed by atoms with E-state index in [1.807, 2.05) is 43.0 Å². The van der Waals surface area contributed by atoms with Crippen LogP contribution in [0.1, 0.15) is 30.9 Å². The molecule has 0 heterocycles. The molecule has 0 aromatic heterocycles. The van der Waals surface area contributed by atoms with E-state index in [0.717, 1.165) is 29.9 Å². The molecule has 0 aliphatic heterocycles. The molecule has 0 amide bonds. The summed E-state index contributed by atoms with van der Waals surface area (Å²) in [6, 6.07) is 8.12. The first-order valence-corrected chi connectivity index (χ1v) is 7.70. The van der Waals surface area contributed by atoms with Gasteiger partial charge in [0.25, 0.3) is 0 Å². The van der Waals surface area contributed by atoms with Crippen LogP contribution >= 0.6 is 11.8 Å². The summed E-state index contributed by atoms with van der Waals surface area (Å²) in [4.78, 5) is 0. The summed E-state index contributed by atoms with van der Waals surface area (Å²) in [7, 11) is 0. The van der Waals surface area contributed by atoms with Crippen molar-refractivity contribution < 1.29 is 10.2 Å². The van der Waals surface area contributed by atoms with Gasteiger partial charge in [0.2, 0.25) is 0 Å². The molecule has 3 heteroatoms. The molecule has 102 valence electrons. The molecule has 0 saturated heterocycles. The molecule has 1 rings (SSSR count). The maximum absolute atomic E-state index is 9.69. The van der Waals surface area contributed by atoms with Gasteiger partial charge in [-0.15, -0.1) is 0 Å². The Morgan fingerprint density at radius 2 is 1.72 bits per heavy atom. The number of aryl methyl sites for hydroxylation is 1. The number of aliphatic hydroxyl groups excluding tert-OH is 2. The monoisotopic (exact) mass is 268 g/mol. The van der Waals surface area contributed by atoms with Gasteiger partial charge >= 0.3 is 0 Å². The number of aliphatic hydroxyl groups is 2. The largest absolute Gasteiger partial charge is 0.395 e. The van der Waals surface area contributed by atoms with Crippen molar-refractivity contribution in [2.24, 2.45) is 0 Å². The minimum absolute atomic E-state index is 0.00333. The van der Waals surface area contributed by atoms with Crippen LogP contribution in [0.2, 0.25) is 0 Å². The number of benzene rings is 1. The Bertz CT molecular complexity index is 331. The summed E-state index contributed by atoms with van der Waals surface area (Å²) in [5.74, 6) is 2.21. The van der Waals surface area contributed by atoms with Crippen LogP contribution in [-0.2, 0) is 5.41 Å². The molecule has 0 fully saturated rings. The van der Waals surface area contributed by atoms with Gasteiger partial charge in [0, 0.05) is 5.41 Å². The number of thioether (sulfide) groups is 1. The van der Waals surface area contributed by atoms with Crippen LogP contribution in [0.4, 0.5) is 0 Å². The van der Waals surface area contributed by atoms with Gasteiger partial charge in [-0.05, 0) is 36.8 Å². The standard InChI is InChI=1S/C15H24O2S/c1-3-18-10-4-9-15(11-16,12-17)14-7-5-13(2)6-8-14/h5-8,16-17H,3-4,9-12H2,1-2H3. The molecular formula is C15H24O2S. The van der Waals surface area contributed by atoms with Gasteiger partial charge < -0.3 is 10.2 Å². The molecule has 0 spiro atoms. The van der Waals surface area contributed by atoms with Crippen LogP contribution < -0.4 is 0 Å². The second kappa shape index (κ2) is 7.82. The Balaban J connectivity index is 2.75. The predicted octanol–water partition coefficient (Wildman–Crippen LogP) is 2.75. The summed E-state index contributed by atoms with van der Waals surface area (Å²) in [6.45, 7) is 4.20. The van der Waals surface area contributed by atoms with E-state index in [1.165, 1.54) is 5.56 Å². The molecule has 1 aromatic rings. The average Bonchev–Trinajstić information content (AvgIpc) is 2.41. The summed E-state index contributed by atoms with van der Waals surface area (Å²) < 4.78 is 0. The molecule has 0 bridgehead atoms. The van der Waals surface area contributed by atoms with Crippen molar-refractivity contribution in [3.05, 3.63) is 35.4 Å². The smallest absolute Gasteiger partial charge is 0.0550 e. The summed E-state index contributed by atoms with van der Waals surface area (Å²) in [5, 5.41) is 19.4. The Hall–Kier alpha value is -0.510. The molecule has 0 aliphatic carbocycles. The topological polar surface area (TPSA) is 40.5 Å². The highest BCUT2D eigenvalue weighted by Crippen LogP contribution is 2.29. The van der Waals surface area contributed by atoms with Crippen LogP contribution in [0.3, 0.4) is 0 Å². The molecule has 2 N–H and O–H groups in total. The van der Waals surface area contributed by atoms with Gasteiger partial charge in [0.05, 0.1) is 13.2 Å². The van der Waals surface area contributed by atoms with Crippen molar-refractivity contribution in [1.82, 2.24) is 0 Å². The first kappa shape index (κ1) is 15.5. The normalized spacial score (nSPS) is 11.8. The fourth-order valence-electron chi connectivity index (χ4n) is 2.10. The highest BCUT2D eigenvalue weighted by Gasteiger charge is 2.30. The van der Waals surface area contributed by atoms with Crippen LogP contribution in [0.25, 0.3) is 0 Å². The number of hydrogen-bond donors (Lipinski definition) is 2. The zero-order valence-corrected chi connectivity index (χ0v) is 12.2. The SMILES string of the molecule is CCSCCCC(CO)(CO)c1ccc(C)cc1. The molecule has 2 nitrogen and oxygen atoms in total. The first-order valence-electron chi connectivity index (χ1n) is 6.55. The predicted molar refractivity (Wildman–Crippen MR) is 79.3 cm³/mol. The van der Waals surface area contributed by atoms with Crippen molar-refractivity contribution in [1.29, 1.82) is 0 Å². The van der Waals surface area contributed by atoms with E-state index in [0.29, 0.717) is 0 Å². The molecular weight excluding hydrogens is 244 g/mol. The van der Waals surface area contributed by atoms with Crippen molar-refractivity contribution in [3.8, 4) is 0 Å². The summed E-state index contributed by atoms with van der Waals surface area (Å²) in [5.41, 5.74) is 1.76. The van der Waals surface area contributed by atoms with Crippen LogP contribution in [-0.4, -0.2) is 34.9 Å². The molecule has 0 unspecified atom stereocenters. The van der Waals surface area contributed by atoms with E-state index >= 15 is 0 Å². The van der Waals surface area contributed by atoms with Crippen LogP contribution in [0, 0.1) is 6.92 Å². The zero-order valence-electron chi connectivity index (χ0n) is 11.4. The Morgan fingerprint density at radius 1 is 1.11 bits per heavy atom. The third-order valence-corrected chi connectivity index (χ3v) is 4.40. The molecule has 0 atom stereocenters. The van der Waals surface area contributed by atoms with E-state index < -0.39 is 5.41 Å². The van der Waals surface area contributed by atoms with Crippen molar-refractivity contribution >= 4 is 11.8 Å². The van der Waals surface area contributed by atoms with Crippen molar-refractivity contribution in [3.63, 3.8) is 0 Å². The highest BCUT2D eigenvalue weighted by molar-refractivity contribution is 7.99. The lowest BCUT2D eigenvalue weighted by Crippen LogP contribution is -2.35. The Kier molecular flexibility index (Phi) is 6.76. The minimum atomic E-state index is -0.484. The van der Waals surface area contributed by atoms with Gasteiger partial charge in [-0.2, -0.15) is 11.8 Å². The highest BCUT2D eigenvalue weighted by atomic mass is 32.2. The Morgan fingerprint density at radius 3 is 2.22 bits per heavy atom. The van der Waals surface area contributed by atoms with E-state index in [-0.39, 0.29) is 13.2 Å². The molecule has 0 aliphatic rings. The lowest BCUT2D eigenvalue weighted by Gasteiger charge is -2.30. The van der Waals surface area contributed by atoms with Gasteiger partial charge in [-0.3, -0.25) is 0 Å². The molecule has 0 radical (unpaired) electrons. The molecule has 1 aromatic carbocycles. The van der Waals surface area contributed by atoms with E-state index in [4.69, 9.17) is 0 Å². The van der Waals surface area contributed by atoms with Crippen molar-refractivity contribution in [2.45, 2.75) is 32.1 Å². The first-order chi connectivity index (χ1) is 8.68. The van der Waals surface area contributed by atoms with E-state index in [2.05, 4.69) is 6.92 Å². The molecule has 18 heavy (non-hydrogen) atoms. The van der Waals surface area contributed by atoms with Gasteiger partial charge in [0.1, 0.15) is 0 Å². The maximum atomic E-state index is 9.69. The summed E-state index contributed by atoms with van der Waals surface area (Å²) in [6.07, 6.45) is 1.85. The molecule has 0 saturated carbocycles. The fourth-order valence-corrected chi connectivity index (χ4v) is 2.74. The maximum Gasteiger partial charge on any atom is 0.0550 e. The van der Waals surface area contributed by atoms with Crippen molar-refractivity contribution in [2.75, 3.05) is 24.7 Å².